The zero-order valence-corrected chi connectivity index (χ0v) is 6.72. The fraction of sp³-hybridized carbons (Fsp3) is 0.250. The Kier molecular flexibility index (Phi) is 2.28. The topological polar surface area (TPSA) is 9.23 Å². The zero-order valence-electron chi connectivity index (χ0n) is 6.72. The molecule has 0 N–H and O–H groups in total. The van der Waals surface area contributed by atoms with E-state index in [1.165, 1.54) is 0 Å². The minimum absolute atomic E-state index is 0.588. The van der Waals surface area contributed by atoms with E-state index < -0.39 is 0 Å². The Labute approximate surface area is 69.6 Å². The predicted octanol–water partition coefficient (Wildman–Crippen LogP) is -0.409. The van der Waals surface area contributed by atoms with Crippen molar-refractivity contribution in [3.8, 4) is 5.75 Å². The minimum atomic E-state index is 0.588. The third-order valence-corrected chi connectivity index (χ3v) is 1.53. The lowest BCUT2D eigenvalue weighted by Crippen LogP contribution is -2.17. The summed E-state index contributed by atoms with van der Waals surface area (Å²) in [5.41, 5.74) is 2.22. The normalized spacial score (nSPS) is 9.64. The summed E-state index contributed by atoms with van der Waals surface area (Å²) in [6, 6.07) is 3.51. The first-order valence-corrected chi connectivity index (χ1v) is 3.34. The molecule has 1 aromatic carbocycles. The van der Waals surface area contributed by atoms with E-state index in [2.05, 4.69) is 0 Å². The maximum atomic E-state index is 5.63. The molecule has 11 heavy (non-hydrogen) atoms. The van der Waals surface area contributed by atoms with Gasteiger partial charge in [-0.3, -0.25) is 0 Å². The molecule has 0 aliphatic carbocycles. The summed E-state index contributed by atoms with van der Waals surface area (Å²) in [6.45, 7) is 1.91. The molecule has 0 heterocycles. The van der Waals surface area contributed by atoms with Crippen molar-refractivity contribution in [2.24, 2.45) is 0 Å². The second-order valence-corrected chi connectivity index (χ2v) is 2.46. The number of rotatable bonds is 1. The van der Waals surface area contributed by atoms with Gasteiger partial charge in [-0.05, 0) is 12.5 Å². The van der Waals surface area contributed by atoms with Crippen LogP contribution in [0.2, 0.25) is 0 Å². The first-order chi connectivity index (χ1) is 5.15. The lowest BCUT2D eigenvalue weighted by molar-refractivity contribution is 0.415. The molecule has 0 saturated carbocycles. The van der Waals surface area contributed by atoms with Crippen molar-refractivity contribution in [3.05, 3.63) is 17.7 Å². The van der Waals surface area contributed by atoms with Crippen LogP contribution >= 0.6 is 0 Å². The molecule has 3 heteroatoms. The van der Waals surface area contributed by atoms with Crippen LogP contribution < -0.4 is 15.7 Å². The highest BCUT2D eigenvalue weighted by molar-refractivity contribution is 6.39. The molecule has 0 bridgehead atoms. The molecule has 1 aromatic rings. The van der Waals surface area contributed by atoms with Crippen LogP contribution in [0, 0.1) is 6.92 Å². The maximum Gasteiger partial charge on any atom is 0.118 e. The fourth-order valence-corrected chi connectivity index (χ4v) is 1.11. The predicted molar refractivity (Wildman–Crippen MR) is 48.5 cm³/mol. The Morgan fingerprint density at radius 2 is 1.91 bits per heavy atom. The van der Waals surface area contributed by atoms with Crippen LogP contribution in [0.4, 0.5) is 0 Å². The van der Waals surface area contributed by atoms with Gasteiger partial charge in [0, 0.05) is 0 Å². The van der Waals surface area contributed by atoms with E-state index >= 15 is 0 Å². The summed E-state index contributed by atoms with van der Waals surface area (Å²) in [5, 5.41) is 0. The summed E-state index contributed by atoms with van der Waals surface area (Å²) in [4.78, 5) is 0. The van der Waals surface area contributed by atoms with Crippen molar-refractivity contribution in [3.63, 3.8) is 0 Å². The van der Waals surface area contributed by atoms with Crippen molar-refractivity contribution in [2.75, 3.05) is 7.11 Å². The Morgan fingerprint density at radius 1 is 1.27 bits per heavy atom. The molecule has 0 amide bonds. The Morgan fingerprint density at radius 3 is 2.36 bits per heavy atom. The highest BCUT2D eigenvalue weighted by Gasteiger charge is 2.00. The standard InChI is InChI=1S/C8H8B2O/c1-5-3-6(9)4-7(10)8(5)11-2/h3-4H,1-2H3. The summed E-state index contributed by atoms with van der Waals surface area (Å²) in [7, 11) is 12.8. The number of aryl methyl sites for hydroxylation is 1. The summed E-state index contributed by atoms with van der Waals surface area (Å²) >= 11 is 0. The summed E-state index contributed by atoms with van der Waals surface area (Å²) in [5.74, 6) is 0.708. The largest absolute Gasteiger partial charge is 0.497 e. The molecule has 52 valence electrons. The van der Waals surface area contributed by atoms with E-state index in [4.69, 9.17) is 20.4 Å². The van der Waals surface area contributed by atoms with Gasteiger partial charge in [-0.1, -0.05) is 23.1 Å². The molecule has 4 radical (unpaired) electrons. The summed E-state index contributed by atoms with van der Waals surface area (Å²) in [6.07, 6.45) is 0. The van der Waals surface area contributed by atoms with Crippen molar-refractivity contribution in [2.45, 2.75) is 6.92 Å². The lowest BCUT2D eigenvalue weighted by atomic mass is 9.85. The molecule has 0 saturated heterocycles. The molecular formula is C8H8B2O. The fourth-order valence-electron chi connectivity index (χ4n) is 1.11. The van der Waals surface area contributed by atoms with Gasteiger partial charge >= 0.3 is 0 Å². The monoisotopic (exact) mass is 142 g/mol. The molecule has 0 aliphatic heterocycles. The van der Waals surface area contributed by atoms with Crippen LogP contribution in [0.1, 0.15) is 5.56 Å². The quantitative estimate of drug-likeness (QED) is 0.484. The van der Waals surface area contributed by atoms with Crippen molar-refractivity contribution in [1.29, 1.82) is 0 Å². The van der Waals surface area contributed by atoms with Gasteiger partial charge in [-0.2, -0.15) is 0 Å². The van der Waals surface area contributed by atoms with Crippen LogP contribution in [0.15, 0.2) is 12.1 Å². The van der Waals surface area contributed by atoms with Crippen LogP contribution in [0.3, 0.4) is 0 Å². The van der Waals surface area contributed by atoms with Crippen LogP contribution in [-0.4, -0.2) is 22.8 Å². The van der Waals surface area contributed by atoms with Gasteiger partial charge in [0.15, 0.2) is 0 Å². The van der Waals surface area contributed by atoms with E-state index in [0.29, 0.717) is 16.7 Å². The third-order valence-electron chi connectivity index (χ3n) is 1.53. The third kappa shape index (κ3) is 1.59. The molecule has 0 atom stereocenters. The first-order valence-electron chi connectivity index (χ1n) is 3.34. The van der Waals surface area contributed by atoms with Gasteiger partial charge in [0.25, 0.3) is 0 Å². The average Bonchev–Trinajstić information content (AvgIpc) is 1.85. The van der Waals surface area contributed by atoms with Crippen LogP contribution in [-0.2, 0) is 0 Å². The summed E-state index contributed by atoms with van der Waals surface area (Å²) < 4.78 is 5.05. The molecular weight excluding hydrogens is 134 g/mol. The minimum Gasteiger partial charge on any atom is -0.497 e. The van der Waals surface area contributed by atoms with Crippen molar-refractivity contribution in [1.82, 2.24) is 0 Å². The van der Waals surface area contributed by atoms with E-state index in [-0.39, 0.29) is 0 Å². The van der Waals surface area contributed by atoms with Crippen LogP contribution in [0.25, 0.3) is 0 Å². The second-order valence-electron chi connectivity index (χ2n) is 2.46. The van der Waals surface area contributed by atoms with E-state index in [9.17, 15) is 0 Å². The Bertz CT molecular complexity index is 248. The first kappa shape index (κ1) is 8.25. The van der Waals surface area contributed by atoms with E-state index in [0.717, 1.165) is 5.56 Å². The number of benzene rings is 1. The average molecular weight is 142 g/mol. The smallest absolute Gasteiger partial charge is 0.118 e. The number of ether oxygens (including phenoxy) is 1. The number of hydrogen-bond acceptors (Lipinski definition) is 1. The van der Waals surface area contributed by atoms with Gasteiger partial charge in [0.05, 0.1) is 7.11 Å². The molecule has 1 nitrogen and oxygen atoms in total. The molecule has 0 spiro atoms. The van der Waals surface area contributed by atoms with Gasteiger partial charge in [-0.15, -0.1) is 0 Å². The Hall–Kier alpha value is -0.850. The van der Waals surface area contributed by atoms with E-state index in [1.807, 2.05) is 13.0 Å². The van der Waals surface area contributed by atoms with Gasteiger partial charge in [0.2, 0.25) is 0 Å². The number of hydrogen-bond donors (Lipinski definition) is 0. The molecule has 0 unspecified atom stereocenters. The Balaban J connectivity index is 3.25. The highest BCUT2D eigenvalue weighted by atomic mass is 16.5. The van der Waals surface area contributed by atoms with Gasteiger partial charge < -0.3 is 4.74 Å². The molecule has 0 aromatic heterocycles. The lowest BCUT2D eigenvalue weighted by Gasteiger charge is -2.09. The van der Waals surface area contributed by atoms with Crippen molar-refractivity contribution < 1.29 is 4.74 Å². The second kappa shape index (κ2) is 3.04. The molecule has 0 fully saturated rings. The zero-order chi connectivity index (χ0) is 8.43. The van der Waals surface area contributed by atoms with Crippen LogP contribution in [0.5, 0.6) is 5.75 Å². The number of methoxy groups -OCH3 is 1. The molecule has 1 rings (SSSR count). The molecule has 0 aliphatic rings. The van der Waals surface area contributed by atoms with Crippen molar-refractivity contribution >= 4 is 26.6 Å². The van der Waals surface area contributed by atoms with Gasteiger partial charge in [-0.25, -0.2) is 0 Å². The highest BCUT2D eigenvalue weighted by Crippen LogP contribution is 2.10. The SMILES string of the molecule is [B]c1cc([B])c(OC)c(C)c1. The van der Waals surface area contributed by atoms with E-state index in [1.54, 1.807) is 13.2 Å². The maximum absolute atomic E-state index is 5.63. The van der Waals surface area contributed by atoms with Gasteiger partial charge in [0.1, 0.15) is 21.4 Å².